The van der Waals surface area contributed by atoms with Crippen LogP contribution in [0.5, 0.6) is 11.5 Å². The number of fused-ring (bicyclic) bond motifs is 1. The van der Waals surface area contributed by atoms with Gasteiger partial charge in [0.05, 0.1) is 35.9 Å². The Bertz CT molecular complexity index is 1640. The van der Waals surface area contributed by atoms with Gasteiger partial charge in [-0.2, -0.15) is 0 Å². The van der Waals surface area contributed by atoms with Gasteiger partial charge in [0.1, 0.15) is 23.9 Å². The van der Waals surface area contributed by atoms with Gasteiger partial charge in [0, 0.05) is 44.6 Å². The van der Waals surface area contributed by atoms with Crippen LogP contribution >= 0.6 is 11.6 Å². The zero-order chi connectivity index (χ0) is 37.6. The molecule has 0 saturated carbocycles. The van der Waals surface area contributed by atoms with Gasteiger partial charge < -0.3 is 19.3 Å². The van der Waals surface area contributed by atoms with E-state index in [4.69, 9.17) is 30.8 Å². The van der Waals surface area contributed by atoms with Crippen molar-refractivity contribution in [2.24, 2.45) is 0 Å². The second-order valence-corrected chi connectivity index (χ2v) is 12.8. The van der Waals surface area contributed by atoms with Crippen LogP contribution in [-0.2, 0) is 22.5 Å². The van der Waals surface area contributed by atoms with Gasteiger partial charge in [-0.15, -0.1) is 0 Å². The normalized spacial score (nSPS) is 10.8. The van der Waals surface area contributed by atoms with Crippen molar-refractivity contribution in [3.8, 4) is 17.2 Å². The van der Waals surface area contributed by atoms with Gasteiger partial charge in [0.2, 0.25) is 0 Å². The number of para-hydroxylation sites is 1. The molecule has 280 valence electrons. The maximum Gasteiger partial charge on any atom is 0.266 e. The standard InChI is InChI=1S/C25H33N3O4.C12H15ClO2.C4H10/c1-5-24-26-21-9-7-6-8-20(21)25(30)28(24)22-16-19(10-11-23(22)32-18(2)3)17-27(12-14-29)13-15-31-4;1-2-3-4-11(14)9-15-12-7-5-10(13)6-8-12;1-3-4-2/h6-11,16,18,29H,5,12-15,17H2,1-4H3;5-8H,2-4,9H2,1H3;3-4H2,1-2H3. The number of benzene rings is 3. The van der Waals surface area contributed by atoms with E-state index in [2.05, 4.69) is 25.7 Å². The summed E-state index contributed by atoms with van der Waals surface area (Å²) in [5, 5.41) is 10.7. The van der Waals surface area contributed by atoms with Gasteiger partial charge >= 0.3 is 0 Å². The first-order valence-electron chi connectivity index (χ1n) is 18.1. The van der Waals surface area contributed by atoms with Gasteiger partial charge in [-0.05, 0) is 74.4 Å². The minimum Gasteiger partial charge on any atom is -0.489 e. The molecule has 1 N–H and O–H groups in total. The van der Waals surface area contributed by atoms with Crippen LogP contribution in [0.4, 0.5) is 0 Å². The summed E-state index contributed by atoms with van der Waals surface area (Å²) in [6, 6.07) is 20.3. The zero-order valence-electron chi connectivity index (χ0n) is 31.6. The number of hydrogen-bond donors (Lipinski definition) is 1. The number of aliphatic hydroxyl groups excluding tert-OH is 1. The smallest absolute Gasteiger partial charge is 0.266 e. The summed E-state index contributed by atoms with van der Waals surface area (Å²) < 4.78 is 18.3. The Kier molecular flexibility index (Phi) is 20.8. The lowest BCUT2D eigenvalue weighted by molar-refractivity contribution is -0.121. The highest BCUT2D eigenvalue weighted by molar-refractivity contribution is 6.30. The van der Waals surface area contributed by atoms with Crippen molar-refractivity contribution >= 4 is 28.3 Å². The molecule has 9 nitrogen and oxygen atoms in total. The SMILES string of the molecule is CCCC.CCCCC(=O)COc1ccc(Cl)cc1.CCc1nc2ccccc2c(=O)n1-c1cc(CN(CCO)CCOC)ccc1OC(C)C. The van der Waals surface area contributed by atoms with Crippen LogP contribution in [-0.4, -0.2) is 71.5 Å². The fraction of sp³-hybridized carbons (Fsp3) is 0.488. The van der Waals surface area contributed by atoms with E-state index in [0.29, 0.717) is 78.0 Å². The number of aromatic nitrogens is 2. The van der Waals surface area contributed by atoms with Crippen LogP contribution in [0.2, 0.25) is 5.02 Å². The van der Waals surface area contributed by atoms with Crippen molar-refractivity contribution in [3.63, 3.8) is 0 Å². The number of carbonyl (C=O) groups excluding carboxylic acids is 1. The number of ketones is 1. The van der Waals surface area contributed by atoms with E-state index in [9.17, 15) is 14.7 Å². The van der Waals surface area contributed by atoms with Crippen LogP contribution in [0.1, 0.15) is 85.0 Å². The molecular formula is C41H58ClN3O6. The number of halogens is 1. The summed E-state index contributed by atoms with van der Waals surface area (Å²) in [6.07, 6.45) is 5.77. The minimum atomic E-state index is -0.107. The van der Waals surface area contributed by atoms with E-state index >= 15 is 0 Å². The summed E-state index contributed by atoms with van der Waals surface area (Å²) >= 11 is 5.72. The Labute approximate surface area is 309 Å². The summed E-state index contributed by atoms with van der Waals surface area (Å²) in [6.45, 7) is 15.0. The summed E-state index contributed by atoms with van der Waals surface area (Å²) in [7, 11) is 1.67. The number of nitrogens with zero attached hydrogens (tertiary/aromatic N) is 3. The molecule has 0 fully saturated rings. The molecule has 0 spiro atoms. The molecule has 1 heterocycles. The van der Waals surface area contributed by atoms with Crippen LogP contribution in [0.15, 0.2) is 71.5 Å². The lowest BCUT2D eigenvalue weighted by Gasteiger charge is -2.23. The van der Waals surface area contributed by atoms with E-state index in [-0.39, 0.29) is 30.7 Å². The number of unbranched alkanes of at least 4 members (excludes halogenated alkanes) is 2. The number of aliphatic hydroxyl groups is 1. The van der Waals surface area contributed by atoms with E-state index in [1.807, 2.05) is 57.2 Å². The first-order valence-corrected chi connectivity index (χ1v) is 18.5. The highest BCUT2D eigenvalue weighted by atomic mass is 35.5. The largest absolute Gasteiger partial charge is 0.489 e. The average molecular weight is 724 g/mol. The van der Waals surface area contributed by atoms with Crippen LogP contribution in [0.25, 0.3) is 16.6 Å². The third-order valence-corrected chi connectivity index (χ3v) is 8.00. The highest BCUT2D eigenvalue weighted by Crippen LogP contribution is 2.27. The van der Waals surface area contributed by atoms with Crippen LogP contribution in [0.3, 0.4) is 0 Å². The fourth-order valence-electron chi connectivity index (χ4n) is 4.88. The number of rotatable bonds is 18. The highest BCUT2D eigenvalue weighted by Gasteiger charge is 2.18. The lowest BCUT2D eigenvalue weighted by atomic mass is 10.1. The summed E-state index contributed by atoms with van der Waals surface area (Å²) in [4.78, 5) is 31.7. The fourth-order valence-corrected chi connectivity index (χ4v) is 5.01. The number of hydrogen-bond acceptors (Lipinski definition) is 8. The quantitative estimate of drug-likeness (QED) is 0.109. The monoisotopic (exact) mass is 723 g/mol. The molecule has 0 aliphatic carbocycles. The predicted octanol–water partition coefficient (Wildman–Crippen LogP) is 8.46. The molecule has 0 amide bonds. The molecule has 3 aromatic carbocycles. The molecule has 51 heavy (non-hydrogen) atoms. The van der Waals surface area contributed by atoms with E-state index < -0.39 is 0 Å². The minimum absolute atomic E-state index is 0.0404. The summed E-state index contributed by atoms with van der Waals surface area (Å²) in [5.74, 6) is 2.16. The van der Waals surface area contributed by atoms with Gasteiger partial charge in [0.25, 0.3) is 5.56 Å². The van der Waals surface area contributed by atoms with Crippen LogP contribution < -0.4 is 15.0 Å². The molecule has 0 bridgehead atoms. The Balaban J connectivity index is 0.000000393. The maximum atomic E-state index is 13.5. The molecule has 0 aliphatic heterocycles. The first kappa shape index (κ1) is 43.4. The number of Topliss-reactive ketones (excluding diaryl/α,β-unsaturated/α-hetero) is 1. The first-order chi connectivity index (χ1) is 24.6. The molecule has 0 radical (unpaired) electrons. The molecule has 0 aliphatic rings. The molecule has 0 unspecified atom stereocenters. The molecule has 4 aromatic rings. The third kappa shape index (κ3) is 15.2. The third-order valence-electron chi connectivity index (χ3n) is 7.74. The number of aryl methyl sites for hydroxylation is 1. The second kappa shape index (κ2) is 24.4. The molecule has 0 saturated heterocycles. The zero-order valence-corrected chi connectivity index (χ0v) is 32.4. The maximum absolute atomic E-state index is 13.5. The molecule has 4 rings (SSSR count). The van der Waals surface area contributed by atoms with Crippen molar-refractivity contribution in [1.82, 2.24) is 14.5 Å². The van der Waals surface area contributed by atoms with Crippen molar-refractivity contribution in [1.29, 1.82) is 0 Å². The molecule has 0 atom stereocenters. The van der Waals surface area contributed by atoms with Crippen molar-refractivity contribution in [3.05, 3.63) is 93.5 Å². The van der Waals surface area contributed by atoms with Gasteiger partial charge in [-0.1, -0.05) is 76.8 Å². The van der Waals surface area contributed by atoms with E-state index in [1.54, 1.807) is 42.0 Å². The number of methoxy groups -OCH3 is 1. The summed E-state index contributed by atoms with van der Waals surface area (Å²) in [5.41, 5.74) is 2.29. The van der Waals surface area contributed by atoms with Crippen LogP contribution in [0, 0.1) is 0 Å². The van der Waals surface area contributed by atoms with Crippen molar-refractivity contribution in [2.45, 2.75) is 92.7 Å². The Morgan fingerprint density at radius 1 is 0.961 bits per heavy atom. The lowest BCUT2D eigenvalue weighted by Crippen LogP contribution is -2.30. The predicted molar refractivity (Wildman–Crippen MR) is 209 cm³/mol. The Hall–Kier alpha value is -3.76. The average Bonchev–Trinajstić information content (AvgIpc) is 3.13. The Morgan fingerprint density at radius 3 is 2.27 bits per heavy atom. The number of ether oxygens (including phenoxy) is 3. The van der Waals surface area contributed by atoms with Gasteiger partial charge in [-0.3, -0.25) is 19.1 Å². The number of carbonyl (C=O) groups is 1. The van der Waals surface area contributed by atoms with Gasteiger partial charge in [0.15, 0.2) is 5.78 Å². The van der Waals surface area contributed by atoms with E-state index in [0.717, 1.165) is 18.4 Å². The van der Waals surface area contributed by atoms with E-state index in [1.165, 1.54) is 12.8 Å². The van der Waals surface area contributed by atoms with Crippen molar-refractivity contribution < 1.29 is 24.1 Å². The van der Waals surface area contributed by atoms with Crippen molar-refractivity contribution in [2.75, 3.05) is 40.0 Å². The molecule has 10 heteroatoms. The topological polar surface area (TPSA) is 103 Å². The Morgan fingerprint density at radius 2 is 1.67 bits per heavy atom. The molecular weight excluding hydrogens is 666 g/mol. The van der Waals surface area contributed by atoms with Gasteiger partial charge in [-0.25, -0.2) is 4.98 Å². The second-order valence-electron chi connectivity index (χ2n) is 12.4. The molecule has 1 aromatic heterocycles.